The van der Waals surface area contributed by atoms with Gasteiger partial charge in [0.15, 0.2) is 0 Å². The van der Waals surface area contributed by atoms with Gasteiger partial charge in [0.2, 0.25) is 0 Å². The third-order valence-corrected chi connectivity index (χ3v) is 2.70. The van der Waals surface area contributed by atoms with Crippen LogP contribution in [0.1, 0.15) is 22.3 Å². The second kappa shape index (κ2) is 5.65. The van der Waals surface area contributed by atoms with Crippen molar-refractivity contribution < 1.29 is 9.18 Å². The van der Waals surface area contributed by atoms with Gasteiger partial charge in [-0.25, -0.2) is 4.39 Å². The van der Waals surface area contributed by atoms with E-state index in [1.807, 2.05) is 6.07 Å². The number of nitriles is 1. The Balaban J connectivity index is 2.97. The first-order valence-electron chi connectivity index (χ1n) is 5.05. The lowest BCUT2D eigenvalue weighted by Gasteiger charge is -2.16. The van der Waals surface area contributed by atoms with Crippen molar-refractivity contribution in [3.8, 4) is 6.07 Å². The summed E-state index contributed by atoms with van der Waals surface area (Å²) in [5.41, 5.74) is 0.515. The first kappa shape index (κ1) is 13.5. The van der Waals surface area contributed by atoms with Crippen LogP contribution in [0.4, 0.5) is 4.39 Å². The number of amides is 1. The molecule has 0 atom stereocenters. The van der Waals surface area contributed by atoms with Crippen LogP contribution >= 0.6 is 11.6 Å². The van der Waals surface area contributed by atoms with Gasteiger partial charge in [0.25, 0.3) is 5.91 Å². The number of hydrogen-bond donors (Lipinski definition) is 0. The molecular weight excluding hydrogens is 243 g/mol. The second-order valence-electron chi connectivity index (χ2n) is 3.72. The molecule has 17 heavy (non-hydrogen) atoms. The Kier molecular flexibility index (Phi) is 4.47. The van der Waals surface area contributed by atoms with Crippen molar-refractivity contribution in [2.45, 2.75) is 13.3 Å². The number of aryl methyl sites for hydroxylation is 1. The molecule has 0 unspecified atom stereocenters. The number of halogens is 2. The molecule has 1 amide bonds. The quantitative estimate of drug-likeness (QED) is 0.833. The standard InChI is InChI=1S/C12H12ClFN2O/c1-8-6-10(13)9(7-11(8)14)12(17)16(2)5-3-4-15/h6-7H,3,5H2,1-2H3. The van der Waals surface area contributed by atoms with Gasteiger partial charge in [0, 0.05) is 13.6 Å². The highest BCUT2D eigenvalue weighted by Gasteiger charge is 2.16. The molecule has 0 radical (unpaired) electrons. The van der Waals surface area contributed by atoms with E-state index < -0.39 is 5.82 Å². The van der Waals surface area contributed by atoms with Crippen LogP contribution in [0.3, 0.4) is 0 Å². The Hall–Kier alpha value is -1.60. The summed E-state index contributed by atoms with van der Waals surface area (Å²) in [6.45, 7) is 1.87. The molecule has 0 aliphatic rings. The van der Waals surface area contributed by atoms with E-state index in [0.29, 0.717) is 12.1 Å². The van der Waals surface area contributed by atoms with Crippen LogP contribution in [0.25, 0.3) is 0 Å². The fourth-order valence-electron chi connectivity index (χ4n) is 1.34. The zero-order chi connectivity index (χ0) is 13.0. The Morgan fingerprint density at radius 1 is 1.59 bits per heavy atom. The normalized spacial score (nSPS) is 9.82. The van der Waals surface area contributed by atoms with Crippen molar-refractivity contribution in [2.75, 3.05) is 13.6 Å². The van der Waals surface area contributed by atoms with Gasteiger partial charge in [-0.15, -0.1) is 0 Å². The highest BCUT2D eigenvalue weighted by Crippen LogP contribution is 2.21. The molecule has 1 aromatic rings. The summed E-state index contributed by atoms with van der Waals surface area (Å²) < 4.78 is 13.4. The van der Waals surface area contributed by atoms with Gasteiger partial charge in [0.1, 0.15) is 5.82 Å². The summed E-state index contributed by atoms with van der Waals surface area (Å²) in [6.07, 6.45) is 0.230. The molecule has 0 saturated heterocycles. The molecule has 1 rings (SSSR count). The summed E-state index contributed by atoms with van der Waals surface area (Å²) in [6, 6.07) is 4.49. The third-order valence-electron chi connectivity index (χ3n) is 2.38. The maximum absolute atomic E-state index is 13.4. The number of hydrogen-bond acceptors (Lipinski definition) is 2. The summed E-state index contributed by atoms with van der Waals surface area (Å²) in [5.74, 6) is -0.851. The van der Waals surface area contributed by atoms with E-state index in [2.05, 4.69) is 0 Å². The van der Waals surface area contributed by atoms with E-state index in [9.17, 15) is 9.18 Å². The maximum atomic E-state index is 13.4. The van der Waals surface area contributed by atoms with E-state index in [-0.39, 0.29) is 22.9 Å². The number of nitrogens with zero attached hydrogens (tertiary/aromatic N) is 2. The number of carbonyl (C=O) groups excluding carboxylic acids is 1. The molecule has 0 aliphatic heterocycles. The van der Waals surface area contributed by atoms with Crippen LogP contribution in [0, 0.1) is 24.1 Å². The minimum Gasteiger partial charge on any atom is -0.341 e. The summed E-state index contributed by atoms with van der Waals surface area (Å²) in [7, 11) is 1.55. The van der Waals surface area contributed by atoms with Gasteiger partial charge < -0.3 is 4.90 Å². The van der Waals surface area contributed by atoms with Gasteiger partial charge in [-0.1, -0.05) is 11.6 Å². The van der Waals surface area contributed by atoms with Gasteiger partial charge in [-0.3, -0.25) is 4.79 Å². The van der Waals surface area contributed by atoms with E-state index in [1.54, 1.807) is 14.0 Å². The molecule has 0 bridgehead atoms. The highest BCUT2D eigenvalue weighted by molar-refractivity contribution is 6.33. The lowest BCUT2D eigenvalue weighted by Crippen LogP contribution is -2.28. The molecule has 0 aromatic heterocycles. The van der Waals surface area contributed by atoms with Crippen molar-refractivity contribution in [1.82, 2.24) is 4.90 Å². The van der Waals surface area contributed by atoms with Crippen LogP contribution in [0.5, 0.6) is 0 Å². The van der Waals surface area contributed by atoms with Crippen LogP contribution in [0.2, 0.25) is 5.02 Å². The fourth-order valence-corrected chi connectivity index (χ4v) is 1.63. The summed E-state index contributed by atoms with van der Waals surface area (Å²) in [5, 5.41) is 8.65. The predicted octanol–water partition coefficient (Wildman–Crippen LogP) is 2.77. The van der Waals surface area contributed by atoms with Crippen molar-refractivity contribution in [2.24, 2.45) is 0 Å². The van der Waals surface area contributed by atoms with E-state index in [1.165, 1.54) is 11.0 Å². The smallest absolute Gasteiger partial charge is 0.255 e. The molecule has 0 heterocycles. The Morgan fingerprint density at radius 3 is 2.82 bits per heavy atom. The molecule has 0 aliphatic carbocycles. The highest BCUT2D eigenvalue weighted by atomic mass is 35.5. The molecule has 0 N–H and O–H groups in total. The first-order valence-corrected chi connectivity index (χ1v) is 5.43. The van der Waals surface area contributed by atoms with E-state index >= 15 is 0 Å². The summed E-state index contributed by atoms with van der Waals surface area (Å²) >= 11 is 5.90. The topological polar surface area (TPSA) is 44.1 Å². The molecule has 5 heteroatoms. The maximum Gasteiger partial charge on any atom is 0.255 e. The minimum atomic E-state index is -0.466. The second-order valence-corrected chi connectivity index (χ2v) is 4.12. The predicted molar refractivity (Wildman–Crippen MR) is 63.3 cm³/mol. The zero-order valence-corrected chi connectivity index (χ0v) is 10.4. The number of carbonyl (C=O) groups is 1. The van der Waals surface area contributed by atoms with Crippen LogP contribution < -0.4 is 0 Å². The van der Waals surface area contributed by atoms with Crippen LogP contribution in [0.15, 0.2) is 12.1 Å². The lowest BCUT2D eigenvalue weighted by molar-refractivity contribution is 0.0797. The fraction of sp³-hybridized carbons (Fsp3) is 0.333. The van der Waals surface area contributed by atoms with Crippen molar-refractivity contribution >= 4 is 17.5 Å². The molecule has 0 spiro atoms. The average Bonchev–Trinajstić information content (AvgIpc) is 2.29. The van der Waals surface area contributed by atoms with Crippen molar-refractivity contribution in [1.29, 1.82) is 5.26 Å². The summed E-state index contributed by atoms with van der Waals surface area (Å²) in [4.78, 5) is 13.2. The molecule has 1 aromatic carbocycles. The lowest BCUT2D eigenvalue weighted by atomic mass is 10.1. The molecule has 0 saturated carbocycles. The van der Waals surface area contributed by atoms with Gasteiger partial charge in [-0.05, 0) is 24.6 Å². The Morgan fingerprint density at radius 2 is 2.24 bits per heavy atom. The largest absolute Gasteiger partial charge is 0.341 e. The van der Waals surface area contributed by atoms with E-state index in [0.717, 1.165) is 6.07 Å². The Labute approximate surface area is 104 Å². The monoisotopic (exact) mass is 254 g/mol. The van der Waals surface area contributed by atoms with E-state index in [4.69, 9.17) is 16.9 Å². The number of benzene rings is 1. The average molecular weight is 255 g/mol. The van der Waals surface area contributed by atoms with Crippen molar-refractivity contribution in [3.63, 3.8) is 0 Å². The molecule has 3 nitrogen and oxygen atoms in total. The van der Waals surface area contributed by atoms with Crippen molar-refractivity contribution in [3.05, 3.63) is 34.1 Å². The molecular formula is C12H12ClFN2O. The van der Waals surface area contributed by atoms with Gasteiger partial charge in [-0.2, -0.15) is 5.26 Å². The van der Waals surface area contributed by atoms with Crippen LogP contribution in [-0.4, -0.2) is 24.4 Å². The molecule has 0 fully saturated rings. The minimum absolute atomic E-state index is 0.121. The SMILES string of the molecule is Cc1cc(Cl)c(C(=O)N(C)CCC#N)cc1F. The molecule has 90 valence electrons. The van der Waals surface area contributed by atoms with Gasteiger partial charge in [0.05, 0.1) is 23.1 Å². The zero-order valence-electron chi connectivity index (χ0n) is 9.63. The van der Waals surface area contributed by atoms with Crippen LogP contribution in [-0.2, 0) is 0 Å². The number of rotatable bonds is 3. The first-order chi connectivity index (χ1) is 7.97. The Bertz CT molecular complexity index is 482. The third kappa shape index (κ3) is 3.18. The van der Waals surface area contributed by atoms with Gasteiger partial charge >= 0.3 is 0 Å².